The minimum absolute atomic E-state index is 0.179. The number of hydrogen-bond donors (Lipinski definition) is 1. The minimum atomic E-state index is -0.565. The Balaban J connectivity index is 1.46. The first-order valence-electron chi connectivity index (χ1n) is 13.4. The number of hydrogen-bond acceptors (Lipinski definition) is 4. The molecular formula is C34H30FN3O3. The average molecular weight is 548 g/mol. The molecule has 0 spiro atoms. The predicted octanol–water partition coefficient (Wildman–Crippen LogP) is 7.05. The van der Waals surface area contributed by atoms with E-state index in [0.29, 0.717) is 40.1 Å². The summed E-state index contributed by atoms with van der Waals surface area (Å²) in [6, 6.07) is 27.1. The molecule has 2 heterocycles. The Morgan fingerprint density at radius 1 is 0.878 bits per heavy atom. The molecule has 0 saturated carbocycles. The first-order valence-corrected chi connectivity index (χ1v) is 13.4. The molecule has 4 aromatic carbocycles. The van der Waals surface area contributed by atoms with Crippen LogP contribution in [0, 0.1) is 5.82 Å². The number of furan rings is 1. The normalized spacial score (nSPS) is 13.4. The topological polar surface area (TPSA) is 65.8 Å². The standard InChI is InChI=1S/C34H30FN3O3/c1-34(2,24-11-6-5-7-12-24)36-32(39)23-10-8-9-22(19-23)26-17-18-27-28-29(33(40)38(4)20-37(3)30(26)28)31(41-27)21-13-15-25(35)16-14-21/h5-19H,20H2,1-4H3,(H,36,39). The van der Waals surface area contributed by atoms with Crippen molar-refractivity contribution in [1.29, 1.82) is 0 Å². The van der Waals surface area contributed by atoms with Gasteiger partial charge in [-0.2, -0.15) is 0 Å². The second-order valence-corrected chi connectivity index (χ2v) is 11.0. The fraction of sp³-hybridized carbons (Fsp3) is 0.176. The van der Waals surface area contributed by atoms with E-state index < -0.39 is 5.54 Å². The van der Waals surface area contributed by atoms with Crippen LogP contribution in [-0.4, -0.2) is 37.5 Å². The fourth-order valence-corrected chi connectivity index (χ4v) is 5.57. The third-order valence-electron chi connectivity index (χ3n) is 7.66. The van der Waals surface area contributed by atoms with Gasteiger partial charge < -0.3 is 19.5 Å². The van der Waals surface area contributed by atoms with E-state index in [0.717, 1.165) is 22.4 Å². The first-order chi connectivity index (χ1) is 19.6. The molecule has 206 valence electrons. The number of benzene rings is 4. The Morgan fingerprint density at radius 3 is 2.34 bits per heavy atom. The van der Waals surface area contributed by atoms with E-state index in [9.17, 15) is 14.0 Å². The number of anilines is 1. The highest BCUT2D eigenvalue weighted by Crippen LogP contribution is 2.45. The maximum absolute atomic E-state index is 13.7. The highest BCUT2D eigenvalue weighted by Gasteiger charge is 2.32. The molecule has 7 heteroatoms. The Bertz CT molecular complexity index is 1790. The summed E-state index contributed by atoms with van der Waals surface area (Å²) in [6.45, 7) is 4.31. The molecule has 0 fully saturated rings. The Hall–Kier alpha value is -4.91. The lowest BCUT2D eigenvalue weighted by Crippen LogP contribution is -2.40. The molecule has 1 aliphatic rings. The largest absolute Gasteiger partial charge is 0.455 e. The zero-order chi connectivity index (χ0) is 28.9. The SMILES string of the molecule is CN1CN(C)c2c(-c3cccc(C(=O)NC(C)(C)c4ccccc4)c3)ccc3oc(-c4ccc(F)cc4)c(c23)C1=O. The molecule has 41 heavy (non-hydrogen) atoms. The maximum Gasteiger partial charge on any atom is 0.259 e. The summed E-state index contributed by atoms with van der Waals surface area (Å²) in [5, 5.41) is 3.85. The molecule has 0 unspecified atom stereocenters. The van der Waals surface area contributed by atoms with Gasteiger partial charge in [-0.1, -0.05) is 42.5 Å². The van der Waals surface area contributed by atoms with E-state index in [1.165, 1.54) is 12.1 Å². The van der Waals surface area contributed by atoms with Crippen LogP contribution < -0.4 is 10.2 Å². The number of nitrogens with zero attached hydrogens (tertiary/aromatic N) is 2. The number of carbonyl (C=O) groups is 2. The zero-order valence-electron chi connectivity index (χ0n) is 23.4. The van der Waals surface area contributed by atoms with Gasteiger partial charge in [-0.3, -0.25) is 9.59 Å². The van der Waals surface area contributed by atoms with Crippen molar-refractivity contribution < 1.29 is 18.4 Å². The molecule has 1 aliphatic heterocycles. The molecule has 0 aliphatic carbocycles. The quantitative estimate of drug-likeness (QED) is 0.256. The molecule has 6 rings (SSSR count). The van der Waals surface area contributed by atoms with Gasteiger partial charge in [-0.25, -0.2) is 4.39 Å². The van der Waals surface area contributed by atoms with Crippen molar-refractivity contribution in [3.8, 4) is 22.5 Å². The van der Waals surface area contributed by atoms with Crippen LogP contribution in [0.1, 0.15) is 40.1 Å². The van der Waals surface area contributed by atoms with Crippen LogP contribution in [0.4, 0.5) is 10.1 Å². The van der Waals surface area contributed by atoms with Gasteiger partial charge in [0, 0.05) is 30.8 Å². The number of rotatable bonds is 5. The molecule has 6 nitrogen and oxygen atoms in total. The van der Waals surface area contributed by atoms with Crippen LogP contribution in [0.25, 0.3) is 33.4 Å². The molecule has 0 saturated heterocycles. The van der Waals surface area contributed by atoms with Gasteiger partial charge in [0.25, 0.3) is 11.8 Å². The van der Waals surface area contributed by atoms with Crippen molar-refractivity contribution in [3.63, 3.8) is 0 Å². The molecular weight excluding hydrogens is 517 g/mol. The monoisotopic (exact) mass is 547 g/mol. The van der Waals surface area contributed by atoms with E-state index in [2.05, 4.69) is 5.32 Å². The fourth-order valence-electron chi connectivity index (χ4n) is 5.57. The van der Waals surface area contributed by atoms with Gasteiger partial charge >= 0.3 is 0 Å². The van der Waals surface area contributed by atoms with Crippen LogP contribution in [0.5, 0.6) is 0 Å². The molecule has 1 aromatic heterocycles. The molecule has 0 atom stereocenters. The number of amides is 2. The highest BCUT2D eigenvalue weighted by atomic mass is 19.1. The van der Waals surface area contributed by atoms with Gasteiger partial charge in [-0.15, -0.1) is 0 Å². The van der Waals surface area contributed by atoms with E-state index in [-0.39, 0.29) is 17.6 Å². The summed E-state index contributed by atoms with van der Waals surface area (Å²) in [5.41, 5.74) is 5.13. The summed E-state index contributed by atoms with van der Waals surface area (Å²) >= 11 is 0. The molecule has 0 bridgehead atoms. The van der Waals surface area contributed by atoms with Gasteiger partial charge in [0.2, 0.25) is 0 Å². The maximum atomic E-state index is 13.7. The van der Waals surface area contributed by atoms with Crippen molar-refractivity contribution in [2.75, 3.05) is 25.7 Å². The summed E-state index contributed by atoms with van der Waals surface area (Å²) in [4.78, 5) is 30.7. The summed E-state index contributed by atoms with van der Waals surface area (Å²) < 4.78 is 19.9. The summed E-state index contributed by atoms with van der Waals surface area (Å²) in [6.07, 6.45) is 0. The second-order valence-electron chi connectivity index (χ2n) is 11.0. The molecule has 0 radical (unpaired) electrons. The van der Waals surface area contributed by atoms with Crippen LogP contribution >= 0.6 is 0 Å². The van der Waals surface area contributed by atoms with E-state index >= 15 is 0 Å². The van der Waals surface area contributed by atoms with Crippen LogP contribution in [-0.2, 0) is 5.54 Å². The van der Waals surface area contributed by atoms with Crippen molar-refractivity contribution in [3.05, 3.63) is 114 Å². The Labute approximate surface area is 238 Å². The van der Waals surface area contributed by atoms with Gasteiger partial charge in [0.15, 0.2) is 0 Å². The Morgan fingerprint density at radius 2 is 1.61 bits per heavy atom. The molecule has 2 amide bonds. The second kappa shape index (κ2) is 9.93. The van der Waals surface area contributed by atoms with Crippen molar-refractivity contribution in [2.45, 2.75) is 19.4 Å². The van der Waals surface area contributed by atoms with E-state index in [1.54, 1.807) is 30.1 Å². The minimum Gasteiger partial charge on any atom is -0.455 e. The number of nitrogens with one attached hydrogen (secondary N) is 1. The third-order valence-corrected chi connectivity index (χ3v) is 7.66. The number of carbonyl (C=O) groups excluding carboxylic acids is 2. The number of halogens is 1. The predicted molar refractivity (Wildman–Crippen MR) is 159 cm³/mol. The molecule has 5 aromatic rings. The smallest absolute Gasteiger partial charge is 0.259 e. The van der Waals surface area contributed by atoms with Gasteiger partial charge in [0.1, 0.15) is 17.2 Å². The Kier molecular flexibility index (Phi) is 6.37. The van der Waals surface area contributed by atoms with E-state index in [4.69, 9.17) is 4.42 Å². The first kappa shape index (κ1) is 26.3. The van der Waals surface area contributed by atoms with E-state index in [1.807, 2.05) is 86.5 Å². The highest BCUT2D eigenvalue weighted by molar-refractivity contribution is 6.18. The zero-order valence-corrected chi connectivity index (χ0v) is 23.4. The summed E-state index contributed by atoms with van der Waals surface area (Å²) in [5.74, 6) is -0.319. The lowest BCUT2D eigenvalue weighted by atomic mass is 9.93. The van der Waals surface area contributed by atoms with Crippen molar-refractivity contribution in [2.24, 2.45) is 0 Å². The van der Waals surface area contributed by atoms with Crippen LogP contribution in [0.2, 0.25) is 0 Å². The third kappa shape index (κ3) is 4.63. The lowest BCUT2D eigenvalue weighted by Gasteiger charge is -2.27. The average Bonchev–Trinajstić information content (AvgIpc) is 3.32. The van der Waals surface area contributed by atoms with Crippen LogP contribution in [0.15, 0.2) is 95.4 Å². The van der Waals surface area contributed by atoms with Gasteiger partial charge in [-0.05, 0) is 73.5 Å². The van der Waals surface area contributed by atoms with Crippen molar-refractivity contribution >= 4 is 28.5 Å². The van der Waals surface area contributed by atoms with Crippen LogP contribution in [0.3, 0.4) is 0 Å². The van der Waals surface area contributed by atoms with Crippen molar-refractivity contribution in [1.82, 2.24) is 10.2 Å². The van der Waals surface area contributed by atoms with Gasteiger partial charge in [0.05, 0.1) is 28.8 Å². The summed E-state index contributed by atoms with van der Waals surface area (Å²) in [7, 11) is 3.68. The molecule has 1 N–H and O–H groups in total. The lowest BCUT2D eigenvalue weighted by molar-refractivity contribution is 0.0800.